The van der Waals surface area contributed by atoms with Gasteiger partial charge >= 0.3 is 0 Å². The summed E-state index contributed by atoms with van der Waals surface area (Å²) in [5.74, 6) is 0.217. The van der Waals surface area contributed by atoms with E-state index >= 15 is 0 Å². The molecule has 56 heavy (non-hydrogen) atoms. The number of pyridine rings is 1. The van der Waals surface area contributed by atoms with Crippen LogP contribution in [0.3, 0.4) is 0 Å². The zero-order valence-corrected chi connectivity index (χ0v) is 30.8. The van der Waals surface area contributed by atoms with Crippen LogP contribution in [-0.4, -0.2) is 14.1 Å². The third-order valence-corrected chi connectivity index (χ3v) is 12.0. The van der Waals surface area contributed by atoms with Crippen molar-refractivity contribution in [1.82, 2.24) is 14.1 Å². The van der Waals surface area contributed by atoms with Gasteiger partial charge in [-0.15, -0.1) is 0 Å². The molecule has 12 rings (SSSR count). The summed E-state index contributed by atoms with van der Waals surface area (Å²) in [6.45, 7) is 2.34. The van der Waals surface area contributed by atoms with Gasteiger partial charge in [0.25, 0.3) is 0 Å². The molecule has 4 nitrogen and oxygen atoms in total. The fourth-order valence-corrected chi connectivity index (χ4v) is 9.42. The Hall–Kier alpha value is -7.17. The van der Waals surface area contributed by atoms with Crippen molar-refractivity contribution in [2.45, 2.75) is 13.3 Å². The van der Waals surface area contributed by atoms with E-state index in [1.165, 1.54) is 65.9 Å². The summed E-state index contributed by atoms with van der Waals surface area (Å²) in [5.41, 5.74) is 14.6. The van der Waals surface area contributed by atoms with Gasteiger partial charge in [-0.05, 0) is 89.7 Å². The van der Waals surface area contributed by atoms with E-state index in [1.54, 1.807) is 0 Å². The van der Waals surface area contributed by atoms with Crippen molar-refractivity contribution in [3.05, 3.63) is 182 Å². The molecule has 0 saturated carbocycles. The van der Waals surface area contributed by atoms with Gasteiger partial charge in [0.1, 0.15) is 5.58 Å². The Balaban J connectivity index is 1.14. The summed E-state index contributed by atoms with van der Waals surface area (Å²) >= 11 is 0. The molecule has 0 radical (unpaired) electrons. The monoisotopic (exact) mass is 717 g/mol. The molecule has 4 aromatic heterocycles. The number of benzene rings is 7. The molecular formula is C52H35N3O. The lowest BCUT2D eigenvalue weighted by molar-refractivity contribution is 0.670. The van der Waals surface area contributed by atoms with Crippen LogP contribution in [0.15, 0.2) is 180 Å². The largest absolute Gasteiger partial charge is 0.454 e. The van der Waals surface area contributed by atoms with Crippen LogP contribution in [0.25, 0.3) is 105 Å². The molecule has 0 bridgehead atoms. The third kappa shape index (κ3) is 4.50. The van der Waals surface area contributed by atoms with Crippen molar-refractivity contribution in [2.75, 3.05) is 0 Å². The lowest BCUT2D eigenvalue weighted by Gasteiger charge is -2.24. The molecule has 0 aliphatic heterocycles. The molecule has 1 unspecified atom stereocenters. The number of para-hydroxylation sites is 4. The summed E-state index contributed by atoms with van der Waals surface area (Å²) in [6.07, 6.45) is 5.48. The van der Waals surface area contributed by atoms with Crippen LogP contribution < -0.4 is 0 Å². The highest BCUT2D eigenvalue weighted by molar-refractivity contribution is 6.25. The molecule has 0 saturated heterocycles. The van der Waals surface area contributed by atoms with E-state index in [9.17, 15) is 0 Å². The van der Waals surface area contributed by atoms with Gasteiger partial charge in [-0.3, -0.25) is 0 Å². The average Bonchev–Trinajstić information content (AvgIpc) is 3.90. The first-order chi connectivity index (χ1) is 27.7. The molecule has 0 spiro atoms. The number of hydrogen-bond donors (Lipinski definition) is 0. The van der Waals surface area contributed by atoms with Gasteiger partial charge in [-0.2, -0.15) is 0 Å². The first kappa shape index (κ1) is 31.2. The van der Waals surface area contributed by atoms with E-state index < -0.39 is 0 Å². The minimum Gasteiger partial charge on any atom is -0.454 e. The number of rotatable bonds is 4. The second-order valence-electron chi connectivity index (χ2n) is 15.2. The summed E-state index contributed by atoms with van der Waals surface area (Å²) in [5, 5.41) is 8.34. The SMILES string of the molecule is CC1CC(n2c3cc4c(cc3c3ccc5c6ccccc6oc5c32)c2ccccc2n4-c2ccccc2)=CC=C1c1cc(-c2ccccc2)c2ccccc2n1. The van der Waals surface area contributed by atoms with Crippen LogP contribution in [0.1, 0.15) is 19.0 Å². The molecule has 0 fully saturated rings. The maximum absolute atomic E-state index is 6.80. The number of hydrogen-bond acceptors (Lipinski definition) is 2. The Kier molecular flexibility index (Phi) is 6.64. The second kappa shape index (κ2) is 11.9. The van der Waals surface area contributed by atoms with Crippen LogP contribution in [0, 0.1) is 5.92 Å². The standard InChI is InChI=1S/C52H35N3O/c1-32-28-35(24-25-36(32)46-30-42(33-14-4-2-5-15-33)37-18-8-11-21-45(37)53-46)55-49-31-48-43(38-19-9-12-22-47(38)54(48)34-16-6-3-7-17-34)29-44(49)40-26-27-41-39-20-10-13-23-50(39)56-52(41)51(40)55/h2-27,29-32H,28H2,1H3. The fraction of sp³-hybridized carbons (Fsp3) is 0.0577. The van der Waals surface area contributed by atoms with E-state index in [-0.39, 0.29) is 5.92 Å². The van der Waals surface area contributed by atoms with Crippen LogP contribution in [-0.2, 0) is 0 Å². The summed E-state index contributed by atoms with van der Waals surface area (Å²) < 4.78 is 11.7. The lowest BCUT2D eigenvalue weighted by atomic mass is 9.87. The topological polar surface area (TPSA) is 35.9 Å². The van der Waals surface area contributed by atoms with Crippen molar-refractivity contribution in [2.24, 2.45) is 5.92 Å². The first-order valence-electron chi connectivity index (χ1n) is 19.4. The summed E-state index contributed by atoms with van der Waals surface area (Å²) in [7, 11) is 0. The maximum atomic E-state index is 6.80. The molecule has 4 heteroatoms. The highest BCUT2D eigenvalue weighted by Gasteiger charge is 2.26. The quantitative estimate of drug-likeness (QED) is 0.182. The molecule has 1 atom stereocenters. The minimum absolute atomic E-state index is 0.217. The molecule has 264 valence electrons. The fourth-order valence-electron chi connectivity index (χ4n) is 9.42. The number of fused-ring (bicyclic) bond motifs is 11. The highest BCUT2D eigenvalue weighted by atomic mass is 16.3. The van der Waals surface area contributed by atoms with Gasteiger partial charge in [0.2, 0.25) is 0 Å². The number of allylic oxidation sites excluding steroid dienone is 4. The lowest BCUT2D eigenvalue weighted by Crippen LogP contribution is -2.10. The van der Waals surface area contributed by atoms with Crippen LogP contribution >= 0.6 is 0 Å². The van der Waals surface area contributed by atoms with Crippen molar-refractivity contribution >= 4 is 87.7 Å². The van der Waals surface area contributed by atoms with Gasteiger partial charge in [0, 0.05) is 49.1 Å². The van der Waals surface area contributed by atoms with Crippen LogP contribution in [0.4, 0.5) is 0 Å². The van der Waals surface area contributed by atoms with Crippen molar-refractivity contribution in [3.63, 3.8) is 0 Å². The Bertz CT molecular complexity index is 3450. The molecule has 4 heterocycles. The molecular weight excluding hydrogens is 683 g/mol. The zero-order valence-electron chi connectivity index (χ0n) is 30.8. The van der Waals surface area contributed by atoms with Gasteiger partial charge in [0.05, 0.1) is 33.3 Å². The molecule has 1 aliphatic rings. The number of furan rings is 1. The predicted octanol–water partition coefficient (Wildman–Crippen LogP) is 14.0. The van der Waals surface area contributed by atoms with Crippen LogP contribution in [0.5, 0.6) is 0 Å². The molecule has 0 amide bonds. The van der Waals surface area contributed by atoms with E-state index in [0.29, 0.717) is 0 Å². The Morgan fingerprint density at radius 3 is 2.05 bits per heavy atom. The summed E-state index contributed by atoms with van der Waals surface area (Å²) in [4.78, 5) is 5.26. The summed E-state index contributed by atoms with van der Waals surface area (Å²) in [6, 6.07) is 58.7. The number of nitrogens with zero attached hydrogens (tertiary/aromatic N) is 3. The Morgan fingerprint density at radius 2 is 1.21 bits per heavy atom. The Labute approximate surface area is 322 Å². The molecule has 0 N–H and O–H groups in total. The van der Waals surface area contributed by atoms with Gasteiger partial charge in [-0.25, -0.2) is 4.98 Å². The van der Waals surface area contributed by atoms with E-state index in [0.717, 1.165) is 50.8 Å². The average molecular weight is 718 g/mol. The maximum Gasteiger partial charge on any atom is 0.160 e. The third-order valence-electron chi connectivity index (χ3n) is 12.0. The first-order valence-corrected chi connectivity index (χ1v) is 19.4. The van der Waals surface area contributed by atoms with Gasteiger partial charge in [-0.1, -0.05) is 122 Å². The Morgan fingerprint density at radius 1 is 0.536 bits per heavy atom. The van der Waals surface area contributed by atoms with Gasteiger partial charge < -0.3 is 13.6 Å². The van der Waals surface area contributed by atoms with E-state index in [2.05, 4.69) is 192 Å². The van der Waals surface area contributed by atoms with Crippen molar-refractivity contribution < 1.29 is 4.42 Å². The normalized spacial score (nSPS) is 14.8. The van der Waals surface area contributed by atoms with E-state index in [1.807, 2.05) is 0 Å². The molecule has 7 aromatic carbocycles. The second-order valence-corrected chi connectivity index (χ2v) is 15.2. The smallest absolute Gasteiger partial charge is 0.160 e. The molecule has 11 aromatic rings. The van der Waals surface area contributed by atoms with Crippen molar-refractivity contribution in [1.29, 1.82) is 0 Å². The van der Waals surface area contributed by atoms with Gasteiger partial charge in [0.15, 0.2) is 5.58 Å². The van der Waals surface area contributed by atoms with Crippen molar-refractivity contribution in [3.8, 4) is 16.8 Å². The predicted molar refractivity (Wildman–Crippen MR) is 234 cm³/mol. The zero-order chi connectivity index (χ0) is 36.9. The minimum atomic E-state index is 0.217. The highest BCUT2D eigenvalue weighted by Crippen LogP contribution is 2.46. The number of aromatic nitrogens is 3. The van der Waals surface area contributed by atoms with E-state index in [4.69, 9.17) is 9.40 Å². The van der Waals surface area contributed by atoms with Crippen LogP contribution in [0.2, 0.25) is 0 Å². The molecule has 1 aliphatic carbocycles.